The van der Waals surface area contributed by atoms with Gasteiger partial charge in [-0.3, -0.25) is 4.79 Å². The molecule has 8 heteroatoms. The number of hydrogen-bond acceptors (Lipinski definition) is 3. The molecule has 4 nitrogen and oxygen atoms in total. The number of rotatable bonds is 2. The maximum atomic E-state index is 12.6. The van der Waals surface area contributed by atoms with Crippen molar-refractivity contribution < 1.29 is 13.2 Å². The minimum absolute atomic E-state index is 0.00256. The van der Waals surface area contributed by atoms with Crippen molar-refractivity contribution in [2.24, 2.45) is 0 Å². The highest BCUT2D eigenvalue weighted by Crippen LogP contribution is 2.51. The van der Waals surface area contributed by atoms with E-state index in [0.29, 0.717) is 0 Å². The summed E-state index contributed by atoms with van der Waals surface area (Å²) in [4.78, 5) is 17.0. The van der Waals surface area contributed by atoms with Crippen LogP contribution in [0.1, 0.15) is 12.8 Å². The Morgan fingerprint density at radius 2 is 2.12 bits per heavy atom. The van der Waals surface area contributed by atoms with Gasteiger partial charge in [0.2, 0.25) is 0 Å². The van der Waals surface area contributed by atoms with Crippen LogP contribution in [0.15, 0.2) is 15.6 Å². The van der Waals surface area contributed by atoms with Crippen LogP contribution in [0.2, 0.25) is 0 Å². The molecule has 0 unspecified atom stereocenters. The van der Waals surface area contributed by atoms with Crippen LogP contribution in [-0.4, -0.2) is 21.7 Å². The Kier molecular flexibility index (Phi) is 2.48. The van der Waals surface area contributed by atoms with E-state index >= 15 is 0 Å². The van der Waals surface area contributed by atoms with Crippen LogP contribution < -0.4 is 10.9 Å². The minimum Gasteiger partial charge on any atom is -0.355 e. The number of halogens is 4. The first-order valence-corrected chi connectivity index (χ1v) is 5.23. The lowest BCUT2D eigenvalue weighted by atomic mass is 10.2. The fourth-order valence-corrected chi connectivity index (χ4v) is 1.62. The number of hydrogen-bond donors (Lipinski definition) is 2. The van der Waals surface area contributed by atoms with Crippen LogP contribution in [0, 0.1) is 0 Å². The highest BCUT2D eigenvalue weighted by molar-refractivity contribution is 9.10. The lowest BCUT2D eigenvalue weighted by Crippen LogP contribution is -2.39. The average Bonchev–Trinajstić information content (AvgIpc) is 2.93. The molecule has 1 fully saturated rings. The SMILES string of the molecule is O=c1[nH]cnc(NC2(C(F)(F)F)CC2)c1Br. The van der Waals surface area contributed by atoms with Gasteiger partial charge in [-0.25, -0.2) is 4.98 Å². The Balaban J connectivity index is 2.29. The largest absolute Gasteiger partial charge is 0.411 e. The van der Waals surface area contributed by atoms with Crippen LogP contribution in [0.25, 0.3) is 0 Å². The summed E-state index contributed by atoms with van der Waals surface area (Å²) in [5, 5.41) is 2.28. The third kappa shape index (κ3) is 1.81. The Morgan fingerprint density at radius 3 is 2.62 bits per heavy atom. The number of alkyl halides is 3. The highest BCUT2D eigenvalue weighted by Gasteiger charge is 2.63. The molecule has 1 heterocycles. The summed E-state index contributed by atoms with van der Waals surface area (Å²) in [7, 11) is 0. The maximum Gasteiger partial charge on any atom is 0.411 e. The molecule has 2 N–H and O–H groups in total. The first-order chi connectivity index (χ1) is 7.36. The molecule has 0 spiro atoms. The Morgan fingerprint density at radius 1 is 1.50 bits per heavy atom. The summed E-state index contributed by atoms with van der Waals surface area (Å²) in [6.45, 7) is 0. The first-order valence-electron chi connectivity index (χ1n) is 4.44. The molecule has 1 aliphatic rings. The second-order valence-corrected chi connectivity index (χ2v) is 4.39. The van der Waals surface area contributed by atoms with Crippen LogP contribution in [-0.2, 0) is 0 Å². The van der Waals surface area contributed by atoms with Gasteiger partial charge in [0.15, 0.2) is 0 Å². The van der Waals surface area contributed by atoms with Crippen molar-refractivity contribution in [3.63, 3.8) is 0 Å². The van der Waals surface area contributed by atoms with Gasteiger partial charge in [-0.15, -0.1) is 0 Å². The van der Waals surface area contributed by atoms with Crippen LogP contribution >= 0.6 is 15.9 Å². The van der Waals surface area contributed by atoms with E-state index in [9.17, 15) is 18.0 Å². The summed E-state index contributed by atoms with van der Waals surface area (Å²) in [6, 6.07) is 0. The molecule has 1 saturated carbocycles. The molecule has 0 amide bonds. The molecule has 1 aromatic heterocycles. The second-order valence-electron chi connectivity index (χ2n) is 3.60. The number of nitrogens with zero attached hydrogens (tertiary/aromatic N) is 1. The third-order valence-electron chi connectivity index (χ3n) is 2.45. The van der Waals surface area contributed by atoms with E-state index in [4.69, 9.17) is 0 Å². The first kappa shape index (κ1) is 11.4. The summed E-state index contributed by atoms with van der Waals surface area (Å²) in [5.41, 5.74) is -2.44. The number of aromatic nitrogens is 2. The van der Waals surface area contributed by atoms with E-state index in [-0.39, 0.29) is 23.1 Å². The number of aromatic amines is 1. The lowest BCUT2D eigenvalue weighted by molar-refractivity contribution is -0.151. The quantitative estimate of drug-likeness (QED) is 0.878. The van der Waals surface area contributed by atoms with Gasteiger partial charge in [-0.2, -0.15) is 13.2 Å². The smallest absolute Gasteiger partial charge is 0.355 e. The van der Waals surface area contributed by atoms with Crippen LogP contribution in [0.4, 0.5) is 19.0 Å². The maximum absolute atomic E-state index is 12.6. The van der Waals surface area contributed by atoms with Crippen molar-refractivity contribution in [3.05, 3.63) is 21.2 Å². The van der Waals surface area contributed by atoms with Gasteiger partial charge in [0, 0.05) is 0 Å². The molecule has 88 valence electrons. The van der Waals surface area contributed by atoms with Crippen molar-refractivity contribution >= 4 is 21.7 Å². The molecule has 1 aliphatic carbocycles. The normalized spacial score (nSPS) is 18.2. The molecule has 0 radical (unpaired) electrons. The molecule has 0 aliphatic heterocycles. The molecule has 1 aromatic rings. The molecular formula is C8H7BrF3N3O. The molecule has 0 aromatic carbocycles. The highest BCUT2D eigenvalue weighted by atomic mass is 79.9. The number of H-pyrrole nitrogens is 1. The number of nitrogens with one attached hydrogen (secondary N) is 2. The Hall–Kier alpha value is -1.05. The summed E-state index contributed by atoms with van der Waals surface area (Å²) in [5.74, 6) is -0.0847. The van der Waals surface area contributed by atoms with Gasteiger partial charge in [0.25, 0.3) is 5.56 Å². The average molecular weight is 298 g/mol. The second kappa shape index (κ2) is 3.47. The third-order valence-corrected chi connectivity index (χ3v) is 3.18. The van der Waals surface area contributed by atoms with Crippen molar-refractivity contribution in [3.8, 4) is 0 Å². The minimum atomic E-state index is -4.34. The summed E-state index contributed by atoms with van der Waals surface area (Å²) in [6.07, 6.45) is -3.28. The van der Waals surface area contributed by atoms with E-state index in [2.05, 4.69) is 31.2 Å². The van der Waals surface area contributed by atoms with Gasteiger partial charge in [-0.05, 0) is 28.8 Å². The standard InChI is InChI=1S/C8H7BrF3N3O/c9-4-5(13-3-14-6(4)16)15-7(1-2-7)8(10,11)12/h3H,1-2H2,(H2,13,14,15,16). The molecule has 16 heavy (non-hydrogen) atoms. The molecular weight excluding hydrogens is 291 g/mol. The number of anilines is 1. The van der Waals surface area contributed by atoms with E-state index < -0.39 is 17.3 Å². The van der Waals surface area contributed by atoms with Gasteiger partial charge in [-0.1, -0.05) is 0 Å². The zero-order valence-corrected chi connectivity index (χ0v) is 9.44. The summed E-state index contributed by atoms with van der Waals surface area (Å²) >= 11 is 2.89. The van der Waals surface area contributed by atoms with E-state index in [1.165, 1.54) is 0 Å². The van der Waals surface area contributed by atoms with Crippen molar-refractivity contribution in [1.29, 1.82) is 0 Å². The topological polar surface area (TPSA) is 57.8 Å². The lowest BCUT2D eigenvalue weighted by Gasteiger charge is -2.21. The van der Waals surface area contributed by atoms with Gasteiger partial charge >= 0.3 is 6.18 Å². The zero-order chi connectivity index (χ0) is 12.0. The fraction of sp³-hybridized carbons (Fsp3) is 0.500. The van der Waals surface area contributed by atoms with Gasteiger partial charge in [0.05, 0.1) is 6.33 Å². The van der Waals surface area contributed by atoms with E-state index in [1.807, 2.05) is 0 Å². The molecule has 0 atom stereocenters. The predicted molar refractivity (Wildman–Crippen MR) is 54.2 cm³/mol. The van der Waals surface area contributed by atoms with Crippen molar-refractivity contribution in [1.82, 2.24) is 9.97 Å². The summed E-state index contributed by atoms with van der Waals surface area (Å²) < 4.78 is 37.8. The van der Waals surface area contributed by atoms with Crippen molar-refractivity contribution in [2.75, 3.05) is 5.32 Å². The zero-order valence-electron chi connectivity index (χ0n) is 7.86. The van der Waals surface area contributed by atoms with Crippen molar-refractivity contribution in [2.45, 2.75) is 24.6 Å². The Bertz CT molecular complexity index is 466. The Labute approximate surface area is 96.4 Å². The predicted octanol–water partition coefficient (Wildman–Crippen LogP) is 2.04. The molecule has 2 rings (SSSR count). The molecule has 0 saturated heterocycles. The van der Waals surface area contributed by atoms with Gasteiger partial charge in [0.1, 0.15) is 15.8 Å². The van der Waals surface area contributed by atoms with Crippen LogP contribution in [0.3, 0.4) is 0 Å². The van der Waals surface area contributed by atoms with E-state index in [1.54, 1.807) is 0 Å². The monoisotopic (exact) mass is 297 g/mol. The fourth-order valence-electron chi connectivity index (χ4n) is 1.30. The van der Waals surface area contributed by atoms with Gasteiger partial charge < -0.3 is 10.3 Å². The molecule has 0 bridgehead atoms. The van der Waals surface area contributed by atoms with Crippen LogP contribution in [0.5, 0.6) is 0 Å². The van der Waals surface area contributed by atoms with E-state index in [0.717, 1.165) is 6.33 Å².